The zero-order valence-electron chi connectivity index (χ0n) is 14.0. The van der Waals surface area contributed by atoms with E-state index < -0.39 is 0 Å². The van der Waals surface area contributed by atoms with Gasteiger partial charge in [0.25, 0.3) is 0 Å². The average molecular weight is 318 g/mol. The van der Waals surface area contributed by atoms with E-state index in [4.69, 9.17) is 18.9 Å². The minimum atomic E-state index is -0.183. The Morgan fingerprint density at radius 1 is 1.00 bits per heavy atom. The summed E-state index contributed by atoms with van der Waals surface area (Å²) in [6, 6.07) is 7.89. The number of aryl methyl sites for hydroxylation is 1. The smallest absolute Gasteiger partial charge is 0.306 e. The van der Waals surface area contributed by atoms with Gasteiger partial charge in [-0.3, -0.25) is 4.79 Å². The monoisotopic (exact) mass is 318 g/mol. The summed E-state index contributed by atoms with van der Waals surface area (Å²) in [7, 11) is 4.78. The van der Waals surface area contributed by atoms with Crippen molar-refractivity contribution in [2.24, 2.45) is 0 Å². The number of rotatable bonds is 7. The summed E-state index contributed by atoms with van der Waals surface area (Å²) in [5, 5.41) is 1.91. The number of carbonyl (C=O) groups excluding carboxylic acids is 1. The second kappa shape index (κ2) is 7.72. The molecule has 2 aromatic carbocycles. The number of benzene rings is 2. The van der Waals surface area contributed by atoms with Crippen LogP contribution in [0.3, 0.4) is 0 Å². The van der Waals surface area contributed by atoms with Crippen molar-refractivity contribution in [3.63, 3.8) is 0 Å². The van der Waals surface area contributed by atoms with Crippen molar-refractivity contribution < 1.29 is 23.7 Å². The van der Waals surface area contributed by atoms with Crippen LogP contribution >= 0.6 is 0 Å². The van der Waals surface area contributed by atoms with Crippen molar-refractivity contribution in [2.75, 3.05) is 27.9 Å². The number of ether oxygens (including phenoxy) is 4. The highest BCUT2D eigenvalue weighted by Gasteiger charge is 2.16. The molecule has 23 heavy (non-hydrogen) atoms. The van der Waals surface area contributed by atoms with Crippen molar-refractivity contribution >= 4 is 16.7 Å². The lowest BCUT2D eigenvalue weighted by Crippen LogP contribution is -2.05. The highest BCUT2D eigenvalue weighted by molar-refractivity contribution is 5.93. The molecule has 124 valence electrons. The van der Waals surface area contributed by atoms with Crippen LogP contribution in [0, 0.1) is 0 Å². The fraction of sp³-hybridized carbons (Fsp3) is 0.389. The summed E-state index contributed by atoms with van der Waals surface area (Å²) >= 11 is 0. The van der Waals surface area contributed by atoms with Gasteiger partial charge in [-0.2, -0.15) is 0 Å². The van der Waals surface area contributed by atoms with E-state index in [1.807, 2.05) is 24.3 Å². The summed E-state index contributed by atoms with van der Waals surface area (Å²) in [5.41, 5.74) is 1.06. The van der Waals surface area contributed by atoms with Gasteiger partial charge in [0.15, 0.2) is 11.5 Å². The second-order valence-corrected chi connectivity index (χ2v) is 5.01. The van der Waals surface area contributed by atoms with Crippen LogP contribution in [0.5, 0.6) is 17.2 Å². The standard InChI is InChI=1S/C18H22O5/c1-5-23-16(19)9-7-12-6-8-14-13(10-12)11-15(20-2)18(22-4)17(14)21-3/h6,8,10-11H,5,7,9H2,1-4H3. The number of carbonyl (C=O) groups is 1. The number of methoxy groups -OCH3 is 3. The molecule has 2 rings (SSSR count). The van der Waals surface area contributed by atoms with Gasteiger partial charge < -0.3 is 18.9 Å². The van der Waals surface area contributed by atoms with Crippen molar-refractivity contribution in [3.05, 3.63) is 29.8 Å². The maximum absolute atomic E-state index is 11.5. The first-order valence-corrected chi connectivity index (χ1v) is 7.51. The maximum Gasteiger partial charge on any atom is 0.306 e. The van der Waals surface area contributed by atoms with Crippen LogP contribution in [0.2, 0.25) is 0 Å². The maximum atomic E-state index is 11.5. The van der Waals surface area contributed by atoms with E-state index >= 15 is 0 Å². The lowest BCUT2D eigenvalue weighted by Gasteiger charge is -2.15. The Hall–Kier alpha value is -2.43. The number of fused-ring (bicyclic) bond motifs is 1. The molecule has 0 spiro atoms. The Kier molecular flexibility index (Phi) is 5.68. The molecule has 0 heterocycles. The first kappa shape index (κ1) is 16.9. The SMILES string of the molecule is CCOC(=O)CCc1ccc2c(OC)c(OC)c(OC)cc2c1. The number of esters is 1. The molecule has 5 heteroatoms. The molecule has 0 saturated heterocycles. The highest BCUT2D eigenvalue weighted by atomic mass is 16.5. The van der Waals surface area contributed by atoms with E-state index in [-0.39, 0.29) is 5.97 Å². The van der Waals surface area contributed by atoms with Crippen LogP contribution in [0.15, 0.2) is 24.3 Å². The molecule has 0 bridgehead atoms. The molecule has 0 atom stereocenters. The first-order chi connectivity index (χ1) is 11.1. The van der Waals surface area contributed by atoms with Crippen LogP contribution in [0.4, 0.5) is 0 Å². The van der Waals surface area contributed by atoms with Gasteiger partial charge in [-0.05, 0) is 30.4 Å². The first-order valence-electron chi connectivity index (χ1n) is 7.51. The third-order valence-corrected chi connectivity index (χ3v) is 3.63. The number of hydrogen-bond acceptors (Lipinski definition) is 5. The Balaban J connectivity index is 2.37. The third-order valence-electron chi connectivity index (χ3n) is 3.63. The lowest BCUT2D eigenvalue weighted by atomic mass is 10.0. The fourth-order valence-electron chi connectivity index (χ4n) is 2.56. The number of hydrogen-bond donors (Lipinski definition) is 0. The van der Waals surface area contributed by atoms with E-state index in [2.05, 4.69) is 0 Å². The molecule has 0 N–H and O–H groups in total. The van der Waals surface area contributed by atoms with E-state index in [0.29, 0.717) is 36.7 Å². The van der Waals surface area contributed by atoms with Crippen molar-refractivity contribution in [3.8, 4) is 17.2 Å². The normalized spacial score (nSPS) is 10.4. The largest absolute Gasteiger partial charge is 0.493 e. The van der Waals surface area contributed by atoms with Gasteiger partial charge in [0, 0.05) is 11.8 Å². The van der Waals surface area contributed by atoms with E-state index in [0.717, 1.165) is 16.3 Å². The zero-order valence-corrected chi connectivity index (χ0v) is 14.0. The van der Waals surface area contributed by atoms with Crippen LogP contribution in [0.25, 0.3) is 10.8 Å². The van der Waals surface area contributed by atoms with Gasteiger partial charge in [-0.25, -0.2) is 0 Å². The minimum absolute atomic E-state index is 0.183. The summed E-state index contributed by atoms with van der Waals surface area (Å²) in [6.07, 6.45) is 0.995. The molecular formula is C18H22O5. The predicted octanol–water partition coefficient (Wildman–Crippen LogP) is 3.36. The molecule has 0 amide bonds. The molecule has 0 aliphatic carbocycles. The molecule has 5 nitrogen and oxygen atoms in total. The van der Waals surface area contributed by atoms with E-state index in [1.54, 1.807) is 28.3 Å². The molecule has 2 aromatic rings. The van der Waals surface area contributed by atoms with Gasteiger partial charge in [0.05, 0.1) is 27.9 Å². The highest BCUT2D eigenvalue weighted by Crippen LogP contribution is 2.43. The third kappa shape index (κ3) is 3.67. The Labute approximate surface area is 136 Å². The van der Waals surface area contributed by atoms with Crippen LogP contribution in [-0.4, -0.2) is 33.9 Å². The van der Waals surface area contributed by atoms with Gasteiger partial charge in [0.2, 0.25) is 5.75 Å². The fourth-order valence-corrected chi connectivity index (χ4v) is 2.56. The Morgan fingerprint density at radius 2 is 1.74 bits per heavy atom. The Morgan fingerprint density at radius 3 is 2.35 bits per heavy atom. The van der Waals surface area contributed by atoms with E-state index in [1.165, 1.54) is 0 Å². The van der Waals surface area contributed by atoms with Crippen LogP contribution in [-0.2, 0) is 16.0 Å². The summed E-state index contributed by atoms with van der Waals surface area (Å²) in [5.74, 6) is 1.64. The molecule has 0 saturated carbocycles. The quantitative estimate of drug-likeness (QED) is 0.733. The average Bonchev–Trinajstić information content (AvgIpc) is 2.57. The van der Waals surface area contributed by atoms with Crippen LogP contribution < -0.4 is 14.2 Å². The van der Waals surface area contributed by atoms with E-state index in [9.17, 15) is 4.79 Å². The molecule has 0 fully saturated rings. The molecular weight excluding hydrogens is 296 g/mol. The lowest BCUT2D eigenvalue weighted by molar-refractivity contribution is -0.143. The van der Waals surface area contributed by atoms with Crippen molar-refractivity contribution in [2.45, 2.75) is 19.8 Å². The predicted molar refractivity (Wildman–Crippen MR) is 88.6 cm³/mol. The topological polar surface area (TPSA) is 54.0 Å². The zero-order chi connectivity index (χ0) is 16.8. The minimum Gasteiger partial charge on any atom is -0.493 e. The molecule has 0 aliphatic rings. The molecule has 0 aliphatic heterocycles. The van der Waals surface area contributed by atoms with Crippen LogP contribution in [0.1, 0.15) is 18.9 Å². The Bertz CT molecular complexity index is 693. The van der Waals surface area contributed by atoms with Gasteiger partial charge in [-0.1, -0.05) is 18.2 Å². The van der Waals surface area contributed by atoms with Crippen molar-refractivity contribution in [1.82, 2.24) is 0 Å². The molecule has 0 radical (unpaired) electrons. The summed E-state index contributed by atoms with van der Waals surface area (Å²) in [4.78, 5) is 11.5. The summed E-state index contributed by atoms with van der Waals surface area (Å²) in [6.45, 7) is 2.21. The van der Waals surface area contributed by atoms with Gasteiger partial charge >= 0.3 is 5.97 Å². The van der Waals surface area contributed by atoms with Gasteiger partial charge in [-0.15, -0.1) is 0 Å². The molecule has 0 unspecified atom stereocenters. The van der Waals surface area contributed by atoms with Crippen molar-refractivity contribution in [1.29, 1.82) is 0 Å². The van der Waals surface area contributed by atoms with Gasteiger partial charge in [0.1, 0.15) is 0 Å². The summed E-state index contributed by atoms with van der Waals surface area (Å²) < 4.78 is 21.2. The molecule has 0 aromatic heterocycles. The second-order valence-electron chi connectivity index (χ2n) is 5.01.